The van der Waals surface area contributed by atoms with Crippen molar-refractivity contribution in [3.05, 3.63) is 35.9 Å². The molecule has 1 aromatic carbocycles. The Balaban J connectivity index is 2.12. The molecule has 1 aliphatic heterocycles. The molecule has 4 nitrogen and oxygen atoms in total. The van der Waals surface area contributed by atoms with Gasteiger partial charge in [-0.1, -0.05) is 50.1 Å². The Kier molecular flexibility index (Phi) is 6.21. The van der Waals surface area contributed by atoms with E-state index in [-0.39, 0.29) is 11.8 Å². The third-order valence-electron chi connectivity index (χ3n) is 4.45. The summed E-state index contributed by atoms with van der Waals surface area (Å²) in [5, 5.41) is 0. The largest absolute Gasteiger partial charge is 0.299 e. The molecule has 1 aliphatic rings. The molecule has 0 saturated carbocycles. The number of piperidine rings is 1. The van der Waals surface area contributed by atoms with E-state index in [9.17, 15) is 4.79 Å². The Morgan fingerprint density at radius 1 is 1.38 bits per heavy atom. The minimum absolute atomic E-state index is 0.0954. The van der Waals surface area contributed by atoms with Crippen LogP contribution in [0.1, 0.15) is 50.5 Å². The van der Waals surface area contributed by atoms with Crippen molar-refractivity contribution >= 4 is 5.91 Å². The number of hydrogen-bond donors (Lipinski definition) is 2. The van der Waals surface area contributed by atoms with E-state index in [4.69, 9.17) is 5.84 Å². The van der Waals surface area contributed by atoms with E-state index in [1.54, 1.807) is 0 Å². The van der Waals surface area contributed by atoms with Crippen LogP contribution in [-0.2, 0) is 4.79 Å². The molecule has 2 atom stereocenters. The smallest absolute Gasteiger partial charge is 0.242 e. The Labute approximate surface area is 127 Å². The lowest BCUT2D eigenvalue weighted by Crippen LogP contribution is -2.46. The molecule has 0 bridgehead atoms. The Morgan fingerprint density at radius 2 is 2.14 bits per heavy atom. The van der Waals surface area contributed by atoms with Crippen LogP contribution in [0.25, 0.3) is 0 Å². The third kappa shape index (κ3) is 4.29. The van der Waals surface area contributed by atoms with Crippen LogP contribution in [0.15, 0.2) is 30.3 Å². The van der Waals surface area contributed by atoms with Crippen LogP contribution in [0, 0.1) is 0 Å². The number of benzene rings is 1. The van der Waals surface area contributed by atoms with E-state index in [0.717, 1.165) is 18.7 Å². The zero-order valence-electron chi connectivity index (χ0n) is 12.9. The van der Waals surface area contributed by atoms with Gasteiger partial charge < -0.3 is 0 Å². The van der Waals surface area contributed by atoms with Crippen LogP contribution in [0.3, 0.4) is 0 Å². The van der Waals surface area contributed by atoms with Crippen LogP contribution in [0.5, 0.6) is 0 Å². The molecule has 0 aromatic heterocycles. The van der Waals surface area contributed by atoms with E-state index >= 15 is 0 Å². The van der Waals surface area contributed by atoms with Crippen LogP contribution in [0.4, 0.5) is 0 Å². The monoisotopic (exact) mass is 289 g/mol. The van der Waals surface area contributed by atoms with Gasteiger partial charge >= 0.3 is 0 Å². The molecular weight excluding hydrogens is 262 g/mol. The van der Waals surface area contributed by atoms with Crippen molar-refractivity contribution in [2.45, 2.75) is 51.0 Å². The maximum atomic E-state index is 12.2. The lowest BCUT2D eigenvalue weighted by Gasteiger charge is -2.37. The number of carbonyl (C=O) groups excluding carboxylic acids is 1. The normalized spacial score (nSPS) is 21.0. The summed E-state index contributed by atoms with van der Waals surface area (Å²) in [7, 11) is 0. The fourth-order valence-corrected chi connectivity index (χ4v) is 3.32. The van der Waals surface area contributed by atoms with Crippen molar-refractivity contribution in [1.29, 1.82) is 0 Å². The highest BCUT2D eigenvalue weighted by molar-refractivity contribution is 5.83. The predicted octanol–water partition coefficient (Wildman–Crippen LogP) is 2.41. The second kappa shape index (κ2) is 8.15. The number of nitrogens with zero attached hydrogens (tertiary/aromatic N) is 1. The fourth-order valence-electron chi connectivity index (χ4n) is 3.32. The molecule has 1 heterocycles. The lowest BCUT2D eigenvalue weighted by atomic mass is 9.93. The quantitative estimate of drug-likeness (QED) is 0.480. The number of carbonyl (C=O) groups is 1. The van der Waals surface area contributed by atoms with E-state index in [2.05, 4.69) is 17.2 Å². The highest BCUT2D eigenvalue weighted by Crippen LogP contribution is 2.25. The number of nitrogens with one attached hydrogen (secondary N) is 1. The van der Waals surface area contributed by atoms with Gasteiger partial charge in [0.05, 0.1) is 5.92 Å². The summed E-state index contributed by atoms with van der Waals surface area (Å²) < 4.78 is 0. The SMILES string of the molecule is CCCC1CCCCN1CC(C(=O)NN)c1ccccc1. The lowest BCUT2D eigenvalue weighted by molar-refractivity contribution is -0.123. The maximum Gasteiger partial charge on any atom is 0.242 e. The molecule has 1 saturated heterocycles. The highest BCUT2D eigenvalue weighted by Gasteiger charge is 2.28. The summed E-state index contributed by atoms with van der Waals surface area (Å²) in [6, 6.07) is 10.6. The number of hydrazine groups is 1. The van der Waals surface area contributed by atoms with Crippen LogP contribution < -0.4 is 11.3 Å². The fraction of sp³-hybridized carbons (Fsp3) is 0.588. The molecule has 0 aliphatic carbocycles. The standard InChI is InChI=1S/C17H27N3O/c1-2-8-15-11-6-7-12-20(15)13-16(17(21)19-18)14-9-4-3-5-10-14/h3-5,9-10,15-16H,2,6-8,11-13,18H2,1H3,(H,19,21). The first-order valence-corrected chi connectivity index (χ1v) is 8.05. The maximum absolute atomic E-state index is 12.2. The molecule has 1 amide bonds. The number of amides is 1. The molecule has 4 heteroatoms. The van der Waals surface area contributed by atoms with Gasteiger partial charge in [0.25, 0.3) is 0 Å². The highest BCUT2D eigenvalue weighted by atomic mass is 16.2. The second-order valence-electron chi connectivity index (χ2n) is 5.91. The van der Waals surface area contributed by atoms with Gasteiger partial charge in [0, 0.05) is 12.6 Å². The minimum Gasteiger partial charge on any atom is -0.299 e. The molecule has 2 unspecified atom stereocenters. The van der Waals surface area contributed by atoms with Crippen LogP contribution >= 0.6 is 0 Å². The van der Waals surface area contributed by atoms with Gasteiger partial charge in [-0.15, -0.1) is 0 Å². The zero-order chi connectivity index (χ0) is 15.1. The van der Waals surface area contributed by atoms with Gasteiger partial charge in [-0.05, 0) is 31.4 Å². The van der Waals surface area contributed by atoms with Crippen molar-refractivity contribution in [3.8, 4) is 0 Å². The summed E-state index contributed by atoms with van der Waals surface area (Å²) in [4.78, 5) is 14.7. The van der Waals surface area contributed by atoms with Crippen molar-refractivity contribution in [2.24, 2.45) is 5.84 Å². The molecule has 2 rings (SSSR count). The molecule has 3 N–H and O–H groups in total. The molecule has 21 heavy (non-hydrogen) atoms. The molecule has 1 aromatic rings. The van der Waals surface area contributed by atoms with Gasteiger partial charge in [-0.3, -0.25) is 15.1 Å². The molecule has 0 radical (unpaired) electrons. The average Bonchev–Trinajstić information content (AvgIpc) is 2.54. The number of likely N-dealkylation sites (tertiary alicyclic amines) is 1. The first kappa shape index (κ1) is 16.0. The van der Waals surface area contributed by atoms with Gasteiger partial charge in [0.1, 0.15) is 0 Å². The third-order valence-corrected chi connectivity index (χ3v) is 4.45. The Hall–Kier alpha value is -1.39. The summed E-state index contributed by atoms with van der Waals surface area (Å²) in [5.74, 6) is 5.11. The molecule has 0 spiro atoms. The van der Waals surface area contributed by atoms with Crippen molar-refractivity contribution in [2.75, 3.05) is 13.1 Å². The molecular formula is C17H27N3O. The second-order valence-corrected chi connectivity index (χ2v) is 5.91. The first-order valence-electron chi connectivity index (χ1n) is 8.05. The zero-order valence-corrected chi connectivity index (χ0v) is 12.9. The molecule has 1 fully saturated rings. The van der Waals surface area contributed by atoms with Crippen molar-refractivity contribution in [1.82, 2.24) is 10.3 Å². The molecule has 116 valence electrons. The minimum atomic E-state index is -0.186. The van der Waals surface area contributed by atoms with Gasteiger partial charge in [-0.25, -0.2) is 5.84 Å². The number of hydrogen-bond acceptors (Lipinski definition) is 3. The van der Waals surface area contributed by atoms with E-state index in [1.165, 1.54) is 32.1 Å². The van der Waals surface area contributed by atoms with E-state index < -0.39 is 0 Å². The van der Waals surface area contributed by atoms with Gasteiger partial charge in [0.2, 0.25) is 5.91 Å². The van der Waals surface area contributed by atoms with Crippen molar-refractivity contribution in [3.63, 3.8) is 0 Å². The number of nitrogens with two attached hydrogens (primary N) is 1. The van der Waals surface area contributed by atoms with E-state index in [0.29, 0.717) is 6.04 Å². The van der Waals surface area contributed by atoms with E-state index in [1.807, 2.05) is 30.3 Å². The van der Waals surface area contributed by atoms with Crippen LogP contribution in [-0.4, -0.2) is 29.9 Å². The Bertz CT molecular complexity index is 433. The van der Waals surface area contributed by atoms with Gasteiger partial charge in [0.15, 0.2) is 0 Å². The first-order chi connectivity index (χ1) is 10.3. The summed E-state index contributed by atoms with van der Waals surface area (Å²) in [5.41, 5.74) is 3.38. The van der Waals surface area contributed by atoms with Gasteiger partial charge in [-0.2, -0.15) is 0 Å². The summed E-state index contributed by atoms with van der Waals surface area (Å²) in [6.45, 7) is 4.08. The topological polar surface area (TPSA) is 58.4 Å². The predicted molar refractivity (Wildman–Crippen MR) is 85.6 cm³/mol. The van der Waals surface area contributed by atoms with Crippen molar-refractivity contribution < 1.29 is 4.79 Å². The van der Waals surface area contributed by atoms with Crippen LogP contribution in [0.2, 0.25) is 0 Å². The average molecular weight is 289 g/mol. The summed E-state index contributed by atoms with van der Waals surface area (Å²) >= 11 is 0. The number of rotatable bonds is 6. The Morgan fingerprint density at radius 3 is 2.81 bits per heavy atom. The summed E-state index contributed by atoms with van der Waals surface area (Å²) in [6.07, 6.45) is 6.19.